The summed E-state index contributed by atoms with van der Waals surface area (Å²) in [5.41, 5.74) is 5.73. The molecule has 4 N–H and O–H groups in total. The van der Waals surface area contributed by atoms with Crippen LogP contribution >= 0.6 is 0 Å². The first-order chi connectivity index (χ1) is 12.9. The molecule has 0 amide bonds. The van der Waals surface area contributed by atoms with Crippen molar-refractivity contribution in [3.05, 3.63) is 18.1 Å². The quantitative estimate of drug-likeness (QED) is 0.546. The third-order valence-corrected chi connectivity index (χ3v) is 4.13. The van der Waals surface area contributed by atoms with Gasteiger partial charge in [-0.1, -0.05) is 12.8 Å². The lowest BCUT2D eigenvalue weighted by atomic mass is 10.0. The van der Waals surface area contributed by atoms with E-state index in [1.165, 1.54) is 0 Å². The Balaban J connectivity index is 0.000000321. The van der Waals surface area contributed by atoms with Crippen molar-refractivity contribution < 1.29 is 24.5 Å². The van der Waals surface area contributed by atoms with Crippen molar-refractivity contribution in [3.8, 4) is 12.3 Å². The number of terminal acetylenes is 1. The number of fused-ring (bicyclic) bond motifs is 1. The maximum atomic E-state index is 9.54. The standard InChI is InChI=1S/C14H16N4O2.C4H8O3/c1-3-14(8-19)6-4-11(20-14)18-7-5-10-12(15)16-9(2)17-13(10)18;1-2-3-7-4(5)6/h1,5,7,11,19H,4,6,8H2,2H3,(H2,15,16,17);2-3H2,1H3,(H,5,6)/t11-,14+;/m1./s1. The number of anilines is 1. The van der Waals surface area contributed by atoms with Crippen LogP contribution in [-0.2, 0) is 9.47 Å². The Morgan fingerprint density at radius 3 is 2.85 bits per heavy atom. The minimum absolute atomic E-state index is 0.185. The van der Waals surface area contributed by atoms with Crippen LogP contribution in [0, 0.1) is 19.3 Å². The Labute approximate surface area is 157 Å². The lowest BCUT2D eigenvalue weighted by Crippen LogP contribution is -2.31. The first kappa shape index (κ1) is 20.5. The van der Waals surface area contributed by atoms with E-state index in [4.69, 9.17) is 22.0 Å². The number of hydrogen-bond donors (Lipinski definition) is 3. The molecule has 1 aliphatic heterocycles. The summed E-state index contributed by atoms with van der Waals surface area (Å²) >= 11 is 0. The van der Waals surface area contributed by atoms with Crippen molar-refractivity contribution in [3.63, 3.8) is 0 Å². The van der Waals surface area contributed by atoms with Crippen LogP contribution in [0.3, 0.4) is 0 Å². The van der Waals surface area contributed by atoms with Crippen molar-refractivity contribution in [1.82, 2.24) is 14.5 Å². The zero-order chi connectivity index (χ0) is 20.0. The molecule has 27 heavy (non-hydrogen) atoms. The second-order valence-corrected chi connectivity index (χ2v) is 6.14. The van der Waals surface area contributed by atoms with Gasteiger partial charge in [-0.2, -0.15) is 0 Å². The first-order valence-electron chi connectivity index (χ1n) is 8.58. The molecule has 0 aromatic carbocycles. The van der Waals surface area contributed by atoms with E-state index in [0.29, 0.717) is 24.7 Å². The normalized spacial score (nSPS) is 21.3. The van der Waals surface area contributed by atoms with Crippen LogP contribution in [0.15, 0.2) is 12.3 Å². The molecule has 0 aliphatic carbocycles. The molecule has 2 aromatic rings. The van der Waals surface area contributed by atoms with E-state index in [1.807, 2.05) is 23.8 Å². The molecule has 1 saturated heterocycles. The molecule has 0 unspecified atom stereocenters. The van der Waals surface area contributed by atoms with E-state index < -0.39 is 11.8 Å². The van der Waals surface area contributed by atoms with Crippen LogP contribution in [0.25, 0.3) is 11.0 Å². The third kappa shape index (κ3) is 4.67. The van der Waals surface area contributed by atoms with E-state index in [9.17, 15) is 9.90 Å². The summed E-state index contributed by atoms with van der Waals surface area (Å²) in [5.74, 6) is 3.61. The van der Waals surface area contributed by atoms with E-state index in [0.717, 1.165) is 23.9 Å². The van der Waals surface area contributed by atoms with Crippen LogP contribution in [0.1, 0.15) is 38.2 Å². The Morgan fingerprint density at radius 1 is 1.59 bits per heavy atom. The molecule has 146 valence electrons. The highest BCUT2D eigenvalue weighted by Crippen LogP contribution is 2.37. The van der Waals surface area contributed by atoms with Crippen LogP contribution in [0.2, 0.25) is 0 Å². The van der Waals surface area contributed by atoms with Crippen LogP contribution in [0.4, 0.5) is 10.6 Å². The summed E-state index contributed by atoms with van der Waals surface area (Å²) in [6.07, 6.45) is 7.97. The summed E-state index contributed by atoms with van der Waals surface area (Å²) in [5, 5.41) is 18.0. The van der Waals surface area contributed by atoms with Crippen molar-refractivity contribution in [2.45, 2.75) is 44.9 Å². The van der Waals surface area contributed by atoms with Gasteiger partial charge in [0.15, 0.2) is 5.60 Å². The van der Waals surface area contributed by atoms with Crippen molar-refractivity contribution in [2.75, 3.05) is 18.9 Å². The number of ether oxygens (including phenoxy) is 2. The minimum Gasteiger partial charge on any atom is -0.450 e. The second kappa shape index (κ2) is 8.70. The van der Waals surface area contributed by atoms with Crippen LogP contribution in [0.5, 0.6) is 0 Å². The molecular weight excluding hydrogens is 352 g/mol. The van der Waals surface area contributed by atoms with Gasteiger partial charge in [0, 0.05) is 6.20 Å². The van der Waals surface area contributed by atoms with Gasteiger partial charge in [0.25, 0.3) is 0 Å². The van der Waals surface area contributed by atoms with Crippen LogP contribution in [-0.4, -0.2) is 49.7 Å². The molecule has 3 rings (SSSR count). The van der Waals surface area contributed by atoms with Crippen molar-refractivity contribution in [2.24, 2.45) is 0 Å². The molecule has 2 aromatic heterocycles. The predicted octanol–water partition coefficient (Wildman–Crippen LogP) is 2.09. The number of nitrogens with zero attached hydrogens (tertiary/aromatic N) is 3. The number of aromatic nitrogens is 3. The lowest BCUT2D eigenvalue weighted by molar-refractivity contribution is -0.0615. The molecule has 0 spiro atoms. The van der Waals surface area contributed by atoms with Gasteiger partial charge in [-0.05, 0) is 32.3 Å². The van der Waals surface area contributed by atoms with Gasteiger partial charge in [0.05, 0.1) is 18.6 Å². The molecule has 9 heteroatoms. The lowest BCUT2D eigenvalue weighted by Gasteiger charge is -2.21. The number of hydrogen-bond acceptors (Lipinski definition) is 7. The molecule has 0 radical (unpaired) electrons. The maximum Gasteiger partial charge on any atom is 0.505 e. The smallest absolute Gasteiger partial charge is 0.450 e. The first-order valence-corrected chi connectivity index (χ1v) is 8.58. The monoisotopic (exact) mass is 376 g/mol. The van der Waals surface area contributed by atoms with E-state index in [2.05, 4.69) is 20.6 Å². The number of nitrogen functional groups attached to an aromatic ring is 1. The fourth-order valence-electron chi connectivity index (χ4n) is 2.79. The Bertz CT molecular complexity index is 844. The van der Waals surface area contributed by atoms with E-state index in [-0.39, 0.29) is 12.8 Å². The van der Waals surface area contributed by atoms with E-state index in [1.54, 1.807) is 6.92 Å². The van der Waals surface area contributed by atoms with Crippen LogP contribution < -0.4 is 5.73 Å². The van der Waals surface area contributed by atoms with Crippen molar-refractivity contribution >= 4 is 23.0 Å². The summed E-state index contributed by atoms with van der Waals surface area (Å²) in [7, 11) is 0. The summed E-state index contributed by atoms with van der Waals surface area (Å²) in [6.45, 7) is 3.76. The van der Waals surface area contributed by atoms with Gasteiger partial charge in [-0.25, -0.2) is 14.8 Å². The average Bonchev–Trinajstić information content (AvgIpc) is 3.25. The van der Waals surface area contributed by atoms with Gasteiger partial charge in [-0.3, -0.25) is 0 Å². The van der Waals surface area contributed by atoms with Gasteiger partial charge >= 0.3 is 6.16 Å². The molecule has 9 nitrogen and oxygen atoms in total. The van der Waals surface area contributed by atoms with Gasteiger partial charge < -0.3 is 30.0 Å². The van der Waals surface area contributed by atoms with Gasteiger partial charge in [-0.15, -0.1) is 6.42 Å². The summed E-state index contributed by atoms with van der Waals surface area (Å²) in [6, 6.07) is 1.86. The number of aryl methyl sites for hydroxylation is 1. The number of carboxylic acid groups (broad SMARTS) is 1. The van der Waals surface area contributed by atoms with Crippen molar-refractivity contribution in [1.29, 1.82) is 0 Å². The zero-order valence-electron chi connectivity index (χ0n) is 15.4. The largest absolute Gasteiger partial charge is 0.505 e. The van der Waals surface area contributed by atoms with Gasteiger partial charge in [0.1, 0.15) is 23.5 Å². The topological polar surface area (TPSA) is 133 Å². The van der Waals surface area contributed by atoms with Gasteiger partial charge in [0.2, 0.25) is 0 Å². The summed E-state index contributed by atoms with van der Waals surface area (Å²) in [4.78, 5) is 18.1. The highest BCUT2D eigenvalue weighted by molar-refractivity contribution is 5.86. The SMILES string of the molecule is C#C[C@@]1(CO)CC[C@H](n2ccc3c(N)nc(C)nc32)O1.CCCOC(=O)O. The highest BCUT2D eigenvalue weighted by atomic mass is 16.7. The highest BCUT2D eigenvalue weighted by Gasteiger charge is 2.39. The van der Waals surface area contributed by atoms with E-state index >= 15 is 0 Å². The predicted molar refractivity (Wildman–Crippen MR) is 99.0 cm³/mol. The molecule has 0 bridgehead atoms. The third-order valence-electron chi connectivity index (χ3n) is 4.13. The Hall–Kier alpha value is -2.83. The number of aliphatic hydroxyl groups excluding tert-OH is 1. The molecule has 0 saturated carbocycles. The number of rotatable bonds is 4. The minimum atomic E-state index is -1.19. The molecule has 2 atom stereocenters. The molecule has 1 aliphatic rings. The molecular formula is C18H24N4O5. The number of carbonyl (C=O) groups is 1. The average molecular weight is 376 g/mol. The number of aliphatic hydroxyl groups is 1. The Morgan fingerprint density at radius 2 is 2.33 bits per heavy atom. The second-order valence-electron chi connectivity index (χ2n) is 6.14. The fraction of sp³-hybridized carbons (Fsp3) is 0.500. The summed E-state index contributed by atoms with van der Waals surface area (Å²) < 4.78 is 11.9. The fourth-order valence-corrected chi connectivity index (χ4v) is 2.79. The Kier molecular flexibility index (Phi) is 6.60. The maximum absolute atomic E-state index is 9.54. The zero-order valence-corrected chi connectivity index (χ0v) is 15.4. The molecule has 1 fully saturated rings. The molecule has 3 heterocycles. The number of nitrogens with two attached hydrogens (primary N) is 1.